The highest BCUT2D eigenvalue weighted by Gasteiger charge is 2.25. The fourth-order valence-corrected chi connectivity index (χ4v) is 3.98. The number of nitrogens with zero attached hydrogens (tertiary/aromatic N) is 2. The SMILES string of the molecule is C=C(C)N1CCCC1CN(CCc1ccccc1)CCc1ccccc1. The minimum absolute atomic E-state index is 0.624. The van der Waals surface area contributed by atoms with Crippen LogP contribution in [-0.4, -0.2) is 42.0 Å². The van der Waals surface area contributed by atoms with E-state index in [-0.39, 0.29) is 0 Å². The van der Waals surface area contributed by atoms with Crippen molar-refractivity contribution < 1.29 is 0 Å². The van der Waals surface area contributed by atoms with Gasteiger partial charge in [0.05, 0.1) is 0 Å². The molecule has 0 spiro atoms. The van der Waals surface area contributed by atoms with E-state index in [1.54, 1.807) is 0 Å². The Balaban J connectivity index is 1.61. The van der Waals surface area contributed by atoms with Crippen LogP contribution in [-0.2, 0) is 12.8 Å². The summed E-state index contributed by atoms with van der Waals surface area (Å²) in [6, 6.07) is 22.4. The van der Waals surface area contributed by atoms with Gasteiger partial charge in [0, 0.05) is 37.9 Å². The van der Waals surface area contributed by atoms with Crippen LogP contribution < -0.4 is 0 Å². The van der Waals surface area contributed by atoms with Crippen LogP contribution in [0.1, 0.15) is 30.9 Å². The summed E-state index contributed by atoms with van der Waals surface area (Å²) in [4.78, 5) is 5.17. The maximum atomic E-state index is 4.19. The summed E-state index contributed by atoms with van der Waals surface area (Å²) in [7, 11) is 0. The van der Waals surface area contributed by atoms with E-state index in [9.17, 15) is 0 Å². The van der Waals surface area contributed by atoms with Crippen molar-refractivity contribution in [2.24, 2.45) is 0 Å². The van der Waals surface area contributed by atoms with Gasteiger partial charge in [-0.1, -0.05) is 67.2 Å². The molecule has 2 heteroatoms. The number of rotatable bonds is 9. The first-order valence-electron chi connectivity index (χ1n) is 9.95. The summed E-state index contributed by atoms with van der Waals surface area (Å²) in [5.74, 6) is 0. The van der Waals surface area contributed by atoms with Gasteiger partial charge in [0.25, 0.3) is 0 Å². The van der Waals surface area contributed by atoms with Crippen LogP contribution >= 0.6 is 0 Å². The number of hydrogen-bond donors (Lipinski definition) is 0. The molecule has 2 nitrogen and oxygen atoms in total. The van der Waals surface area contributed by atoms with Crippen molar-refractivity contribution in [1.82, 2.24) is 9.80 Å². The maximum absolute atomic E-state index is 4.19. The minimum atomic E-state index is 0.624. The summed E-state index contributed by atoms with van der Waals surface area (Å²) < 4.78 is 0. The molecule has 2 aromatic carbocycles. The maximum Gasteiger partial charge on any atom is 0.0414 e. The average molecular weight is 349 g/mol. The van der Waals surface area contributed by atoms with Gasteiger partial charge in [0.2, 0.25) is 0 Å². The zero-order chi connectivity index (χ0) is 18.2. The second-order valence-electron chi connectivity index (χ2n) is 7.50. The highest BCUT2D eigenvalue weighted by atomic mass is 15.2. The van der Waals surface area contributed by atoms with Crippen LogP contribution in [0.4, 0.5) is 0 Å². The van der Waals surface area contributed by atoms with Crippen molar-refractivity contribution in [3.8, 4) is 0 Å². The molecule has 2 aromatic rings. The monoisotopic (exact) mass is 348 g/mol. The van der Waals surface area contributed by atoms with Gasteiger partial charge in [-0.2, -0.15) is 0 Å². The lowest BCUT2D eigenvalue weighted by Gasteiger charge is -2.32. The van der Waals surface area contributed by atoms with Gasteiger partial charge in [0.15, 0.2) is 0 Å². The van der Waals surface area contributed by atoms with E-state index in [4.69, 9.17) is 0 Å². The molecule has 3 rings (SSSR count). The van der Waals surface area contributed by atoms with Gasteiger partial charge in [0.1, 0.15) is 0 Å². The predicted octanol–water partition coefficient (Wildman–Crippen LogP) is 4.77. The second kappa shape index (κ2) is 9.59. The molecule has 0 radical (unpaired) electrons. The average Bonchev–Trinajstić information content (AvgIpc) is 3.14. The molecule has 0 aromatic heterocycles. The van der Waals surface area contributed by atoms with Gasteiger partial charge in [-0.25, -0.2) is 0 Å². The Kier molecular flexibility index (Phi) is 6.90. The smallest absolute Gasteiger partial charge is 0.0414 e. The Morgan fingerprint density at radius 2 is 1.50 bits per heavy atom. The van der Waals surface area contributed by atoms with Crippen LogP contribution in [0.15, 0.2) is 72.9 Å². The molecule has 1 aliphatic heterocycles. The molecule has 1 saturated heterocycles. The quantitative estimate of drug-likeness (QED) is 0.644. The molecule has 1 fully saturated rings. The molecule has 0 amide bonds. The first kappa shape index (κ1) is 18.7. The van der Waals surface area contributed by atoms with Gasteiger partial charge in [-0.05, 0) is 43.7 Å². The van der Waals surface area contributed by atoms with Crippen LogP contribution in [0, 0.1) is 0 Å². The third-order valence-electron chi connectivity index (χ3n) is 5.46. The zero-order valence-electron chi connectivity index (χ0n) is 16.1. The summed E-state index contributed by atoms with van der Waals surface area (Å²) in [5, 5.41) is 0. The van der Waals surface area contributed by atoms with Crippen molar-refractivity contribution in [2.45, 2.75) is 38.6 Å². The standard InChI is InChI=1S/C24H32N2/c1-21(2)26-17-9-14-24(26)20-25(18-15-22-10-5-3-6-11-22)19-16-23-12-7-4-8-13-23/h3-8,10-13,24H,1,9,14-20H2,2H3. The molecule has 26 heavy (non-hydrogen) atoms. The lowest BCUT2D eigenvalue weighted by molar-refractivity contribution is 0.200. The molecule has 0 saturated carbocycles. The fourth-order valence-electron chi connectivity index (χ4n) is 3.98. The summed E-state index contributed by atoms with van der Waals surface area (Å²) >= 11 is 0. The van der Waals surface area contributed by atoms with Gasteiger partial charge >= 0.3 is 0 Å². The van der Waals surface area contributed by atoms with Crippen molar-refractivity contribution in [1.29, 1.82) is 0 Å². The Morgan fingerprint density at radius 3 is 2.00 bits per heavy atom. The number of allylic oxidation sites excluding steroid dienone is 1. The largest absolute Gasteiger partial charge is 0.371 e. The molecule has 1 heterocycles. The van der Waals surface area contributed by atoms with Gasteiger partial charge in [-0.15, -0.1) is 0 Å². The number of benzene rings is 2. The van der Waals surface area contributed by atoms with Crippen LogP contribution in [0.25, 0.3) is 0 Å². The molecular formula is C24H32N2. The van der Waals surface area contributed by atoms with E-state index in [0.717, 1.165) is 32.5 Å². The highest BCUT2D eigenvalue weighted by molar-refractivity contribution is 5.16. The summed E-state index contributed by atoms with van der Waals surface area (Å²) in [6.45, 7) is 10.9. The number of hydrogen-bond acceptors (Lipinski definition) is 2. The van der Waals surface area contributed by atoms with E-state index in [2.05, 4.69) is 84.0 Å². The third-order valence-corrected chi connectivity index (χ3v) is 5.46. The van der Waals surface area contributed by atoms with E-state index in [0.29, 0.717) is 6.04 Å². The molecule has 0 aliphatic carbocycles. The fraction of sp³-hybridized carbons (Fsp3) is 0.417. The van der Waals surface area contributed by atoms with Gasteiger partial charge in [-0.3, -0.25) is 0 Å². The molecule has 1 atom stereocenters. The normalized spacial score (nSPS) is 17.0. The molecule has 1 aliphatic rings. The summed E-state index contributed by atoms with van der Waals surface area (Å²) in [6.07, 6.45) is 4.83. The molecular weight excluding hydrogens is 316 g/mol. The van der Waals surface area contributed by atoms with E-state index < -0.39 is 0 Å². The lowest BCUT2D eigenvalue weighted by Crippen LogP contribution is -2.41. The lowest BCUT2D eigenvalue weighted by atomic mass is 10.1. The van der Waals surface area contributed by atoms with Gasteiger partial charge < -0.3 is 9.80 Å². The predicted molar refractivity (Wildman–Crippen MR) is 111 cm³/mol. The minimum Gasteiger partial charge on any atom is -0.371 e. The Morgan fingerprint density at radius 1 is 0.962 bits per heavy atom. The second-order valence-corrected chi connectivity index (χ2v) is 7.50. The molecule has 0 N–H and O–H groups in total. The Bertz CT molecular complexity index is 622. The Labute approximate surface area is 159 Å². The highest BCUT2D eigenvalue weighted by Crippen LogP contribution is 2.22. The van der Waals surface area contributed by atoms with E-state index in [1.165, 1.54) is 36.2 Å². The molecule has 1 unspecified atom stereocenters. The van der Waals surface area contributed by atoms with Crippen molar-refractivity contribution in [3.05, 3.63) is 84.1 Å². The molecule has 138 valence electrons. The topological polar surface area (TPSA) is 6.48 Å². The van der Waals surface area contributed by atoms with Crippen LogP contribution in [0.3, 0.4) is 0 Å². The molecule has 0 bridgehead atoms. The van der Waals surface area contributed by atoms with E-state index >= 15 is 0 Å². The third kappa shape index (κ3) is 5.47. The Hall–Kier alpha value is -2.06. The van der Waals surface area contributed by atoms with Crippen molar-refractivity contribution >= 4 is 0 Å². The zero-order valence-corrected chi connectivity index (χ0v) is 16.1. The van der Waals surface area contributed by atoms with Crippen molar-refractivity contribution in [2.75, 3.05) is 26.2 Å². The van der Waals surface area contributed by atoms with Crippen LogP contribution in [0.5, 0.6) is 0 Å². The van der Waals surface area contributed by atoms with E-state index in [1.807, 2.05) is 0 Å². The van der Waals surface area contributed by atoms with Crippen molar-refractivity contribution in [3.63, 3.8) is 0 Å². The number of likely N-dealkylation sites (tertiary alicyclic amines) is 1. The first-order chi connectivity index (χ1) is 12.7. The first-order valence-corrected chi connectivity index (χ1v) is 9.95. The summed E-state index contributed by atoms with van der Waals surface area (Å²) in [5.41, 5.74) is 4.08. The van der Waals surface area contributed by atoms with Crippen LogP contribution in [0.2, 0.25) is 0 Å².